The summed E-state index contributed by atoms with van der Waals surface area (Å²) >= 11 is 0. The molecule has 0 aromatic heterocycles. The number of ether oxygens (including phenoxy) is 3. The quantitative estimate of drug-likeness (QED) is 0.0261. The summed E-state index contributed by atoms with van der Waals surface area (Å²) in [6.07, 6.45) is 99.6. The first-order chi connectivity index (χ1) is 40.0. The smallest absolute Gasteiger partial charge is 0.310 e. The average Bonchev–Trinajstić information content (AvgIpc) is 3.47. The van der Waals surface area contributed by atoms with Crippen molar-refractivity contribution in [3.63, 3.8) is 0 Å². The largest absolute Gasteiger partial charge is 0.462 e. The van der Waals surface area contributed by atoms with E-state index in [0.717, 1.165) is 135 Å². The number of hydrogen-bond donors (Lipinski definition) is 0. The molecule has 0 aromatic carbocycles. The van der Waals surface area contributed by atoms with Crippen LogP contribution in [0.2, 0.25) is 0 Å². The van der Waals surface area contributed by atoms with E-state index in [1.807, 2.05) is 6.08 Å². The van der Waals surface area contributed by atoms with Crippen molar-refractivity contribution >= 4 is 17.9 Å². The predicted octanol–water partition coefficient (Wildman–Crippen LogP) is 22.7. The van der Waals surface area contributed by atoms with Gasteiger partial charge in [0.1, 0.15) is 13.2 Å². The van der Waals surface area contributed by atoms with Gasteiger partial charge in [-0.15, -0.1) is 0 Å². The van der Waals surface area contributed by atoms with E-state index in [4.69, 9.17) is 14.2 Å². The van der Waals surface area contributed by atoms with Crippen molar-refractivity contribution in [3.8, 4) is 0 Å². The highest BCUT2D eigenvalue weighted by molar-refractivity contribution is 5.72. The Balaban J connectivity index is 4.34. The Kier molecular flexibility index (Phi) is 62.9. The fourth-order valence-corrected chi connectivity index (χ4v) is 8.41. The summed E-state index contributed by atoms with van der Waals surface area (Å²) in [6, 6.07) is 0. The zero-order chi connectivity index (χ0) is 58.5. The van der Waals surface area contributed by atoms with Gasteiger partial charge in [-0.25, -0.2) is 0 Å². The van der Waals surface area contributed by atoms with Crippen LogP contribution in [-0.4, -0.2) is 37.2 Å². The van der Waals surface area contributed by atoms with Gasteiger partial charge in [-0.05, 0) is 135 Å². The van der Waals surface area contributed by atoms with Gasteiger partial charge < -0.3 is 14.2 Å². The normalized spacial score (nSPS) is 13.3. The maximum Gasteiger partial charge on any atom is 0.310 e. The second-order valence-corrected chi connectivity index (χ2v) is 20.9. The van der Waals surface area contributed by atoms with Crippen molar-refractivity contribution in [1.29, 1.82) is 0 Å². The summed E-state index contributed by atoms with van der Waals surface area (Å²) in [4.78, 5) is 38.2. The van der Waals surface area contributed by atoms with E-state index in [2.05, 4.69) is 179 Å². The molecule has 0 N–H and O–H groups in total. The molecular formula is C75H118O6. The topological polar surface area (TPSA) is 78.9 Å². The van der Waals surface area contributed by atoms with Crippen LogP contribution < -0.4 is 0 Å². The first-order valence-electron chi connectivity index (χ1n) is 32.6. The number of hydrogen-bond acceptors (Lipinski definition) is 6. The van der Waals surface area contributed by atoms with Crippen molar-refractivity contribution in [2.45, 2.75) is 271 Å². The van der Waals surface area contributed by atoms with Crippen LogP contribution in [0.5, 0.6) is 0 Å². The zero-order valence-electron chi connectivity index (χ0n) is 52.0. The van der Waals surface area contributed by atoms with Crippen LogP contribution in [0.4, 0.5) is 0 Å². The Morgan fingerprint density at radius 2 is 0.519 bits per heavy atom. The van der Waals surface area contributed by atoms with Gasteiger partial charge in [-0.1, -0.05) is 281 Å². The standard InChI is InChI=1S/C75H118O6/c1-4-7-10-13-16-19-22-25-28-29-30-31-32-33-34-35-36-37-38-39-40-41-42-43-44-45-48-50-53-56-59-62-65-68-74(77)80-71-72(81-75(78)69-66-63-60-57-54-51-47-27-24-21-18-15-12-9-6-3)70-79-73(76)67-64-61-58-55-52-49-46-26-23-20-17-14-11-8-5-2/h7,9-10,12,16-21,25-28,30-31,33-34,36-37,39-40,46-47,54,57,63,66,72H,4-6,8,11,13-15,22-24,29,32,35,38,41-45,48-53,55-56,58-62,64-65,67-71H2,1-3H3/b10-7-,12-9-,19-16-,20-17-,21-18-,28-25-,31-30-,34-33-,37-36-,40-39-,46-26-,47-27-,57-54-,66-63-. The molecule has 0 aliphatic rings. The van der Waals surface area contributed by atoms with Gasteiger partial charge >= 0.3 is 17.9 Å². The summed E-state index contributed by atoms with van der Waals surface area (Å²) < 4.78 is 16.8. The van der Waals surface area contributed by atoms with Crippen molar-refractivity contribution in [2.75, 3.05) is 13.2 Å². The van der Waals surface area contributed by atoms with Gasteiger partial charge in [0.15, 0.2) is 6.10 Å². The maximum atomic E-state index is 12.8. The van der Waals surface area contributed by atoms with Crippen molar-refractivity contribution in [3.05, 3.63) is 170 Å². The molecule has 0 aromatic rings. The van der Waals surface area contributed by atoms with Crippen molar-refractivity contribution in [1.82, 2.24) is 0 Å². The molecule has 0 amide bonds. The lowest BCUT2D eigenvalue weighted by atomic mass is 10.0. The van der Waals surface area contributed by atoms with E-state index in [1.165, 1.54) is 83.5 Å². The highest BCUT2D eigenvalue weighted by Crippen LogP contribution is 2.14. The molecule has 1 atom stereocenters. The third-order valence-electron chi connectivity index (χ3n) is 13.2. The van der Waals surface area contributed by atoms with Gasteiger partial charge in [0.25, 0.3) is 0 Å². The van der Waals surface area contributed by atoms with Crippen LogP contribution in [0.1, 0.15) is 265 Å². The molecule has 0 fully saturated rings. The molecule has 0 saturated carbocycles. The average molecular weight is 1120 g/mol. The van der Waals surface area contributed by atoms with Gasteiger partial charge in [-0.3, -0.25) is 14.4 Å². The zero-order valence-corrected chi connectivity index (χ0v) is 52.0. The van der Waals surface area contributed by atoms with Crippen LogP contribution >= 0.6 is 0 Å². The lowest BCUT2D eigenvalue weighted by Gasteiger charge is -2.18. The second-order valence-electron chi connectivity index (χ2n) is 20.9. The molecule has 0 aliphatic carbocycles. The Morgan fingerprint density at radius 1 is 0.272 bits per heavy atom. The van der Waals surface area contributed by atoms with Gasteiger partial charge in [0, 0.05) is 12.8 Å². The van der Waals surface area contributed by atoms with Crippen molar-refractivity contribution < 1.29 is 28.6 Å². The molecule has 0 aliphatic heterocycles. The third-order valence-corrected chi connectivity index (χ3v) is 13.2. The lowest BCUT2D eigenvalue weighted by Crippen LogP contribution is -2.30. The summed E-state index contributed by atoms with van der Waals surface area (Å²) in [7, 11) is 0. The minimum Gasteiger partial charge on any atom is -0.462 e. The van der Waals surface area contributed by atoms with E-state index in [1.54, 1.807) is 6.08 Å². The summed E-state index contributed by atoms with van der Waals surface area (Å²) in [5.74, 6) is -1.08. The van der Waals surface area contributed by atoms with E-state index < -0.39 is 12.1 Å². The summed E-state index contributed by atoms with van der Waals surface area (Å²) in [6.45, 7) is 6.28. The molecule has 0 heterocycles. The van der Waals surface area contributed by atoms with Gasteiger partial charge in [0.2, 0.25) is 0 Å². The Labute approximate surface area is 498 Å². The molecule has 6 heteroatoms. The Bertz CT molecular complexity index is 1860. The fourth-order valence-electron chi connectivity index (χ4n) is 8.41. The minimum atomic E-state index is -0.848. The molecule has 0 saturated heterocycles. The number of rotatable bonds is 57. The molecule has 0 spiro atoms. The highest BCUT2D eigenvalue weighted by Gasteiger charge is 2.19. The molecule has 0 bridgehead atoms. The molecule has 1 unspecified atom stereocenters. The van der Waals surface area contributed by atoms with E-state index in [0.29, 0.717) is 19.3 Å². The number of allylic oxidation sites excluding steroid dienone is 27. The second kappa shape index (κ2) is 67.3. The predicted molar refractivity (Wildman–Crippen MR) is 352 cm³/mol. The fraction of sp³-hybridized carbons (Fsp3) is 0.587. The molecule has 6 nitrogen and oxygen atoms in total. The molecule has 454 valence electrons. The molecule has 0 radical (unpaired) electrons. The number of carbonyl (C=O) groups excluding carboxylic acids is 3. The first-order valence-corrected chi connectivity index (χ1v) is 32.6. The third kappa shape index (κ3) is 65.5. The monoisotopic (exact) mass is 1110 g/mol. The Hall–Kier alpha value is -5.23. The van der Waals surface area contributed by atoms with Gasteiger partial charge in [-0.2, -0.15) is 0 Å². The Morgan fingerprint density at radius 3 is 0.815 bits per heavy atom. The van der Waals surface area contributed by atoms with E-state index in [-0.39, 0.29) is 31.6 Å². The number of carbonyl (C=O) groups is 3. The SMILES string of the molecule is CC/C=C\C/C=C\C/C=C\C/C=C\C/C=C\C/C=C\C/C=C\CCCCCCCCCCCCCC(=O)OCC(COC(=O)CCCCCCC/C=C\C/C=C\CCCCC)OC(=O)C/C=C\C/C=C\C/C=C\C/C=C\C/C=C\CC. The van der Waals surface area contributed by atoms with Crippen LogP contribution in [-0.2, 0) is 28.6 Å². The summed E-state index contributed by atoms with van der Waals surface area (Å²) in [5.41, 5.74) is 0. The maximum absolute atomic E-state index is 12.8. The molecular weight excluding hydrogens is 997 g/mol. The van der Waals surface area contributed by atoms with Crippen LogP contribution in [0.3, 0.4) is 0 Å². The van der Waals surface area contributed by atoms with E-state index in [9.17, 15) is 14.4 Å². The molecule has 0 rings (SSSR count). The lowest BCUT2D eigenvalue weighted by molar-refractivity contribution is -0.166. The van der Waals surface area contributed by atoms with Crippen LogP contribution in [0.15, 0.2) is 170 Å². The van der Waals surface area contributed by atoms with Gasteiger partial charge in [0.05, 0.1) is 6.42 Å². The summed E-state index contributed by atoms with van der Waals surface area (Å²) in [5, 5.41) is 0. The minimum absolute atomic E-state index is 0.0863. The van der Waals surface area contributed by atoms with Crippen molar-refractivity contribution in [2.24, 2.45) is 0 Å². The number of unbranched alkanes of at least 4 members (excludes halogenated alkanes) is 19. The molecule has 81 heavy (non-hydrogen) atoms. The first kappa shape index (κ1) is 75.8. The van der Waals surface area contributed by atoms with Crippen LogP contribution in [0.25, 0.3) is 0 Å². The highest BCUT2D eigenvalue weighted by atomic mass is 16.6. The van der Waals surface area contributed by atoms with Crippen LogP contribution in [0, 0.1) is 0 Å². The van der Waals surface area contributed by atoms with E-state index >= 15 is 0 Å². The number of esters is 3.